The van der Waals surface area contributed by atoms with E-state index in [4.69, 9.17) is 5.41 Å². The summed E-state index contributed by atoms with van der Waals surface area (Å²) < 4.78 is 0. The lowest BCUT2D eigenvalue weighted by Crippen LogP contribution is -1.87. The lowest BCUT2D eigenvalue weighted by Gasteiger charge is -1.91. The Labute approximate surface area is 70.3 Å². The molecule has 11 heavy (non-hydrogen) atoms. The van der Waals surface area contributed by atoms with Crippen LogP contribution in [0.1, 0.15) is 34.6 Å². The van der Waals surface area contributed by atoms with E-state index in [1.54, 1.807) is 6.92 Å². The average Bonchev–Trinajstić information content (AvgIpc) is 2.03. The lowest BCUT2D eigenvalue weighted by atomic mass is 10.2. The van der Waals surface area contributed by atoms with Gasteiger partial charge in [0.05, 0.1) is 0 Å². The maximum Gasteiger partial charge on any atom is 0.0312 e. The Bertz CT molecular complexity index is 152. The fourth-order valence-corrected chi connectivity index (χ4v) is 0.366. The van der Waals surface area contributed by atoms with Crippen LogP contribution in [0, 0.1) is 5.41 Å². The van der Waals surface area contributed by atoms with Crippen molar-refractivity contribution < 1.29 is 0 Å². The lowest BCUT2D eigenvalue weighted by molar-refractivity contribution is 1.42. The van der Waals surface area contributed by atoms with Gasteiger partial charge in [-0.05, 0) is 26.3 Å². The Morgan fingerprint density at radius 3 is 1.91 bits per heavy atom. The third-order valence-electron chi connectivity index (χ3n) is 1.13. The Morgan fingerprint density at radius 1 is 1.18 bits per heavy atom. The summed E-state index contributed by atoms with van der Waals surface area (Å²) in [6, 6.07) is 0. The molecular formula is C10H19N. The first-order valence-corrected chi connectivity index (χ1v) is 4.03. The zero-order valence-electron chi connectivity index (χ0n) is 8.23. The number of hydrogen-bond donors (Lipinski definition) is 1. The van der Waals surface area contributed by atoms with Crippen molar-refractivity contribution in [2.45, 2.75) is 34.6 Å². The summed E-state index contributed by atoms with van der Waals surface area (Å²) >= 11 is 0. The van der Waals surface area contributed by atoms with Gasteiger partial charge < -0.3 is 5.41 Å². The predicted molar refractivity (Wildman–Crippen MR) is 53.3 cm³/mol. The molecule has 0 amide bonds. The molecular weight excluding hydrogens is 134 g/mol. The summed E-state index contributed by atoms with van der Waals surface area (Å²) in [5.41, 5.74) is 1.65. The average molecular weight is 153 g/mol. The molecule has 0 aliphatic rings. The molecule has 1 N–H and O–H groups in total. The fraction of sp³-hybridized carbons (Fsp3) is 0.500. The van der Waals surface area contributed by atoms with Crippen LogP contribution in [0.15, 0.2) is 23.8 Å². The summed E-state index contributed by atoms with van der Waals surface area (Å²) in [6.45, 7) is 9.68. The summed E-state index contributed by atoms with van der Waals surface area (Å²) in [6.07, 6.45) is 5.82. The molecule has 0 aliphatic carbocycles. The van der Waals surface area contributed by atoms with Crippen LogP contribution in [-0.2, 0) is 0 Å². The minimum atomic E-state index is 0.633. The second-order valence-electron chi connectivity index (χ2n) is 2.00. The second kappa shape index (κ2) is 9.15. The van der Waals surface area contributed by atoms with Gasteiger partial charge in [-0.25, -0.2) is 0 Å². The van der Waals surface area contributed by atoms with Gasteiger partial charge in [-0.2, -0.15) is 0 Å². The topological polar surface area (TPSA) is 23.9 Å². The van der Waals surface area contributed by atoms with Gasteiger partial charge in [-0.3, -0.25) is 0 Å². The van der Waals surface area contributed by atoms with Gasteiger partial charge in [0.1, 0.15) is 0 Å². The zero-order chi connectivity index (χ0) is 9.28. The summed E-state index contributed by atoms with van der Waals surface area (Å²) in [5.74, 6) is 0. The van der Waals surface area contributed by atoms with Crippen LogP contribution in [0.25, 0.3) is 0 Å². The quantitative estimate of drug-likeness (QED) is 0.463. The van der Waals surface area contributed by atoms with Crippen molar-refractivity contribution in [3.8, 4) is 0 Å². The van der Waals surface area contributed by atoms with Gasteiger partial charge in [0.25, 0.3) is 0 Å². The van der Waals surface area contributed by atoms with Crippen molar-refractivity contribution in [2.24, 2.45) is 0 Å². The van der Waals surface area contributed by atoms with Crippen LogP contribution in [-0.4, -0.2) is 5.71 Å². The first-order chi connectivity index (χ1) is 5.18. The molecule has 0 aromatic carbocycles. The highest BCUT2D eigenvalue weighted by molar-refractivity contribution is 5.95. The van der Waals surface area contributed by atoms with Crippen LogP contribution in [0.3, 0.4) is 0 Å². The molecule has 1 heteroatoms. The van der Waals surface area contributed by atoms with Gasteiger partial charge in [0.2, 0.25) is 0 Å². The Morgan fingerprint density at radius 2 is 1.64 bits per heavy atom. The van der Waals surface area contributed by atoms with Crippen molar-refractivity contribution in [1.29, 1.82) is 5.41 Å². The molecule has 0 aliphatic heterocycles. The van der Waals surface area contributed by atoms with E-state index < -0.39 is 0 Å². The molecule has 0 aromatic rings. The molecule has 64 valence electrons. The molecule has 0 bridgehead atoms. The molecule has 0 atom stereocenters. The van der Waals surface area contributed by atoms with Crippen molar-refractivity contribution >= 4 is 5.71 Å². The van der Waals surface area contributed by atoms with Crippen LogP contribution < -0.4 is 0 Å². The first-order valence-electron chi connectivity index (χ1n) is 4.03. The van der Waals surface area contributed by atoms with Gasteiger partial charge in [-0.15, -0.1) is 0 Å². The van der Waals surface area contributed by atoms with Crippen LogP contribution in [0.2, 0.25) is 0 Å². The molecule has 0 aromatic heterocycles. The van der Waals surface area contributed by atoms with Crippen molar-refractivity contribution in [3.05, 3.63) is 23.8 Å². The highest BCUT2D eigenvalue weighted by atomic mass is 14.4. The molecule has 1 nitrogen and oxygen atoms in total. The van der Waals surface area contributed by atoms with E-state index in [1.807, 2.05) is 45.9 Å². The number of allylic oxidation sites excluding steroid dienone is 4. The van der Waals surface area contributed by atoms with E-state index in [0.29, 0.717) is 5.71 Å². The summed E-state index contributed by atoms with van der Waals surface area (Å²) in [5, 5.41) is 7.18. The van der Waals surface area contributed by atoms with Crippen molar-refractivity contribution in [3.63, 3.8) is 0 Å². The van der Waals surface area contributed by atoms with Gasteiger partial charge in [-0.1, -0.05) is 32.1 Å². The highest BCUT2D eigenvalue weighted by Gasteiger charge is 1.85. The third kappa shape index (κ3) is 9.15. The van der Waals surface area contributed by atoms with Gasteiger partial charge in [0, 0.05) is 5.71 Å². The number of nitrogens with one attached hydrogen (secondary N) is 1. The smallest absolute Gasteiger partial charge is 0.0312 e. The van der Waals surface area contributed by atoms with Gasteiger partial charge >= 0.3 is 0 Å². The third-order valence-corrected chi connectivity index (χ3v) is 1.13. The van der Waals surface area contributed by atoms with Crippen LogP contribution in [0.4, 0.5) is 0 Å². The van der Waals surface area contributed by atoms with Crippen molar-refractivity contribution in [2.75, 3.05) is 0 Å². The maximum absolute atomic E-state index is 7.18. The molecule has 0 rings (SSSR count). The molecule has 0 saturated carbocycles. The second-order valence-corrected chi connectivity index (χ2v) is 2.00. The van der Waals surface area contributed by atoms with E-state index in [1.165, 1.54) is 0 Å². The summed E-state index contributed by atoms with van der Waals surface area (Å²) in [7, 11) is 0. The van der Waals surface area contributed by atoms with E-state index in [2.05, 4.69) is 0 Å². The largest absolute Gasteiger partial charge is 0.305 e. The van der Waals surface area contributed by atoms with Crippen molar-refractivity contribution in [1.82, 2.24) is 0 Å². The zero-order valence-corrected chi connectivity index (χ0v) is 8.23. The molecule has 0 saturated heterocycles. The first kappa shape index (κ1) is 12.8. The monoisotopic (exact) mass is 153 g/mol. The Balaban J connectivity index is 0. The SMILES string of the molecule is C/C=C\C=C(\C)C(C)=N.CC. The number of rotatable bonds is 2. The highest BCUT2D eigenvalue weighted by Crippen LogP contribution is 1.93. The maximum atomic E-state index is 7.18. The molecule has 0 radical (unpaired) electrons. The fourth-order valence-electron chi connectivity index (χ4n) is 0.366. The minimum absolute atomic E-state index is 0.633. The predicted octanol–water partition coefficient (Wildman–Crippen LogP) is 3.57. The van der Waals surface area contributed by atoms with E-state index >= 15 is 0 Å². The van der Waals surface area contributed by atoms with Crippen LogP contribution in [0.5, 0.6) is 0 Å². The van der Waals surface area contributed by atoms with Gasteiger partial charge in [0.15, 0.2) is 0 Å². The molecule has 0 fully saturated rings. The molecule has 0 spiro atoms. The molecule has 0 unspecified atom stereocenters. The Kier molecular flexibility index (Phi) is 10.6. The normalized spacial score (nSPS) is 10.8. The van der Waals surface area contributed by atoms with E-state index in [-0.39, 0.29) is 0 Å². The van der Waals surface area contributed by atoms with E-state index in [0.717, 1.165) is 5.57 Å². The standard InChI is InChI=1S/C8H13N.C2H6/c1-4-5-6-7(2)8(3)9;1-2/h4-6,9H,1-3H3;1-2H3/b5-4-,7-6-,9-8?;. The van der Waals surface area contributed by atoms with E-state index in [9.17, 15) is 0 Å². The van der Waals surface area contributed by atoms with Crippen LogP contribution >= 0.6 is 0 Å². The Hall–Kier alpha value is -0.850. The molecule has 0 heterocycles. The minimum Gasteiger partial charge on any atom is -0.305 e. The summed E-state index contributed by atoms with van der Waals surface area (Å²) in [4.78, 5) is 0. The number of hydrogen-bond acceptors (Lipinski definition) is 1.